The number of aromatic nitrogens is 2. The van der Waals surface area contributed by atoms with Crippen molar-refractivity contribution in [1.29, 1.82) is 0 Å². The first kappa shape index (κ1) is 24.9. The largest absolute Gasteiger partial charge is 0.457 e. The number of carbonyl (C=O) groups excluding carboxylic acids is 3. The molecule has 4 N–H and O–H groups in total. The summed E-state index contributed by atoms with van der Waals surface area (Å²) < 4.78 is 19.7. The maximum absolute atomic E-state index is 13.9. The first-order valence-corrected chi connectivity index (χ1v) is 11.0. The molecule has 0 saturated heterocycles. The lowest BCUT2D eigenvalue weighted by Gasteiger charge is -2.10. The smallest absolute Gasteiger partial charge is 0.329 e. The number of urea groups is 1. The van der Waals surface area contributed by atoms with Gasteiger partial charge in [0.15, 0.2) is 0 Å². The number of aromatic amines is 1. The number of carbonyl (C=O) groups is 3. The van der Waals surface area contributed by atoms with Gasteiger partial charge in [0, 0.05) is 31.1 Å². The van der Waals surface area contributed by atoms with E-state index in [1.807, 2.05) is 5.48 Å². The Balaban J connectivity index is 1.37. The number of nitrogens with one attached hydrogen (secondary N) is 4. The van der Waals surface area contributed by atoms with Gasteiger partial charge in [-0.25, -0.2) is 9.18 Å². The van der Waals surface area contributed by atoms with Gasteiger partial charge in [-0.3, -0.25) is 14.6 Å². The van der Waals surface area contributed by atoms with E-state index in [4.69, 9.17) is 4.74 Å². The third-order valence-corrected chi connectivity index (χ3v) is 4.96. The monoisotopic (exact) mass is 503 g/mol. The summed E-state index contributed by atoms with van der Waals surface area (Å²) in [5.74, 6) is -0.765. The molecule has 0 radical (unpaired) electrons. The molecular formula is C26H22FN5O5. The highest BCUT2D eigenvalue weighted by Crippen LogP contribution is 2.27. The third kappa shape index (κ3) is 6.69. The van der Waals surface area contributed by atoms with Crippen LogP contribution in [0, 0.1) is 12.7 Å². The molecule has 0 aliphatic rings. The SMILES string of the molecule is CC(=O)ONC(=O)c1c[nH]c(-c2cc(Oc3ccc(NC(=O)Nc4cc(C)ccc4F)cc3)ccn2)c1. The molecule has 11 heteroatoms. The van der Waals surface area contributed by atoms with E-state index in [1.165, 1.54) is 19.2 Å². The maximum Gasteiger partial charge on any atom is 0.329 e. The van der Waals surface area contributed by atoms with Gasteiger partial charge in [-0.1, -0.05) is 6.07 Å². The number of pyridine rings is 1. The minimum Gasteiger partial charge on any atom is -0.457 e. The quantitative estimate of drug-likeness (QED) is 0.268. The van der Waals surface area contributed by atoms with Gasteiger partial charge in [-0.05, 0) is 61.0 Å². The van der Waals surface area contributed by atoms with Gasteiger partial charge in [0.05, 0.1) is 22.6 Å². The number of anilines is 2. The number of H-pyrrole nitrogens is 1. The van der Waals surface area contributed by atoms with Gasteiger partial charge in [-0.2, -0.15) is 5.48 Å². The van der Waals surface area contributed by atoms with E-state index in [1.54, 1.807) is 67.7 Å². The highest BCUT2D eigenvalue weighted by Gasteiger charge is 2.12. The number of aryl methyl sites for hydroxylation is 1. The van der Waals surface area contributed by atoms with Crippen molar-refractivity contribution in [2.45, 2.75) is 13.8 Å². The number of hydroxylamine groups is 1. The van der Waals surface area contributed by atoms with E-state index in [0.717, 1.165) is 5.56 Å². The Labute approximate surface area is 210 Å². The average molecular weight is 503 g/mol. The Kier molecular flexibility index (Phi) is 7.43. The number of rotatable bonds is 6. The summed E-state index contributed by atoms with van der Waals surface area (Å²) in [5, 5.41) is 5.12. The zero-order valence-corrected chi connectivity index (χ0v) is 19.8. The van der Waals surface area contributed by atoms with Gasteiger partial charge in [0.25, 0.3) is 5.91 Å². The van der Waals surface area contributed by atoms with Crippen LogP contribution in [0.1, 0.15) is 22.8 Å². The van der Waals surface area contributed by atoms with E-state index < -0.39 is 23.7 Å². The fourth-order valence-electron chi connectivity index (χ4n) is 3.23. The highest BCUT2D eigenvalue weighted by molar-refractivity contribution is 6.00. The summed E-state index contributed by atoms with van der Waals surface area (Å²) in [6.45, 7) is 2.98. The maximum atomic E-state index is 13.9. The minimum absolute atomic E-state index is 0.0881. The van der Waals surface area contributed by atoms with Crippen LogP contribution in [0.2, 0.25) is 0 Å². The molecule has 3 amide bonds. The summed E-state index contributed by atoms with van der Waals surface area (Å²) in [5.41, 5.74) is 4.75. The van der Waals surface area contributed by atoms with E-state index in [-0.39, 0.29) is 11.3 Å². The zero-order valence-electron chi connectivity index (χ0n) is 19.8. The first-order chi connectivity index (χ1) is 17.8. The lowest BCUT2D eigenvalue weighted by Crippen LogP contribution is -2.25. The minimum atomic E-state index is -0.639. The zero-order chi connectivity index (χ0) is 26.4. The van der Waals surface area contributed by atoms with Crippen molar-refractivity contribution in [1.82, 2.24) is 15.4 Å². The first-order valence-electron chi connectivity index (χ1n) is 11.0. The van der Waals surface area contributed by atoms with Crippen LogP contribution < -0.4 is 20.9 Å². The van der Waals surface area contributed by atoms with Crippen LogP contribution in [0.5, 0.6) is 11.5 Å². The lowest BCUT2D eigenvalue weighted by molar-refractivity contribution is -0.146. The molecule has 0 atom stereocenters. The molecule has 0 aliphatic heterocycles. The standard InChI is InChI=1S/C26H22FN5O5/c1-15-3-8-21(27)22(11-15)31-26(35)30-18-4-6-19(7-5-18)36-20-9-10-28-24(13-20)23-12-17(14-29-23)25(34)32-37-16(2)33/h3-14,29H,1-2H3,(H,32,34)(H2,30,31,35). The van der Waals surface area contributed by atoms with Crippen LogP contribution in [0.4, 0.5) is 20.6 Å². The molecule has 188 valence electrons. The van der Waals surface area contributed by atoms with Crippen LogP contribution >= 0.6 is 0 Å². The molecule has 4 aromatic rings. The molecule has 10 nitrogen and oxygen atoms in total. The van der Waals surface area contributed by atoms with Crippen molar-refractivity contribution >= 4 is 29.3 Å². The van der Waals surface area contributed by atoms with Crippen LogP contribution in [-0.2, 0) is 9.63 Å². The van der Waals surface area contributed by atoms with Gasteiger partial charge in [-0.15, -0.1) is 0 Å². The summed E-state index contributed by atoms with van der Waals surface area (Å²) in [6.07, 6.45) is 3.01. The number of halogens is 1. The van der Waals surface area contributed by atoms with Gasteiger partial charge in [0.2, 0.25) is 0 Å². The molecule has 0 spiro atoms. The van der Waals surface area contributed by atoms with Crippen molar-refractivity contribution in [2.75, 3.05) is 10.6 Å². The van der Waals surface area contributed by atoms with Crippen molar-refractivity contribution < 1.29 is 28.3 Å². The van der Waals surface area contributed by atoms with Crippen molar-refractivity contribution in [2.24, 2.45) is 0 Å². The second-order valence-corrected chi connectivity index (χ2v) is 7.89. The second-order valence-electron chi connectivity index (χ2n) is 7.89. The van der Waals surface area contributed by atoms with Crippen LogP contribution in [0.25, 0.3) is 11.4 Å². The molecular weight excluding hydrogens is 481 g/mol. The number of amides is 3. The van der Waals surface area contributed by atoms with Gasteiger partial charge in [0.1, 0.15) is 17.3 Å². The molecule has 37 heavy (non-hydrogen) atoms. The van der Waals surface area contributed by atoms with E-state index in [9.17, 15) is 18.8 Å². The predicted molar refractivity (Wildman–Crippen MR) is 134 cm³/mol. The lowest BCUT2D eigenvalue weighted by atomic mass is 10.2. The van der Waals surface area contributed by atoms with E-state index >= 15 is 0 Å². The molecule has 2 aromatic heterocycles. The Morgan fingerprint density at radius 3 is 2.49 bits per heavy atom. The number of hydrogen-bond donors (Lipinski definition) is 4. The topological polar surface area (TPSA) is 134 Å². The Morgan fingerprint density at radius 2 is 1.73 bits per heavy atom. The number of ether oxygens (including phenoxy) is 1. The van der Waals surface area contributed by atoms with Crippen molar-refractivity contribution in [3.8, 4) is 22.9 Å². The molecule has 0 aliphatic carbocycles. The third-order valence-electron chi connectivity index (χ3n) is 4.96. The predicted octanol–water partition coefficient (Wildman–Crippen LogP) is 5.17. The highest BCUT2D eigenvalue weighted by atomic mass is 19.1. The molecule has 0 bridgehead atoms. The molecule has 0 fully saturated rings. The normalized spacial score (nSPS) is 10.4. The molecule has 2 aromatic carbocycles. The van der Waals surface area contributed by atoms with Crippen LogP contribution in [0.3, 0.4) is 0 Å². The summed E-state index contributed by atoms with van der Waals surface area (Å²) in [6, 6.07) is 15.4. The fraction of sp³-hybridized carbons (Fsp3) is 0.0769. The number of nitrogens with zero attached hydrogens (tertiary/aromatic N) is 1. The van der Waals surface area contributed by atoms with Gasteiger partial charge >= 0.3 is 12.0 Å². The summed E-state index contributed by atoms with van der Waals surface area (Å²) in [7, 11) is 0. The van der Waals surface area contributed by atoms with Crippen molar-refractivity contribution in [3.05, 3.63) is 90.0 Å². The second kappa shape index (κ2) is 11.0. The average Bonchev–Trinajstić information content (AvgIpc) is 3.37. The van der Waals surface area contributed by atoms with Crippen molar-refractivity contribution in [3.63, 3.8) is 0 Å². The number of hydrogen-bond acceptors (Lipinski definition) is 6. The Hall–Kier alpha value is -5.19. The van der Waals surface area contributed by atoms with E-state index in [0.29, 0.717) is 28.6 Å². The molecule has 0 saturated carbocycles. The molecule has 0 unspecified atom stereocenters. The van der Waals surface area contributed by atoms with Gasteiger partial charge < -0.3 is 25.2 Å². The van der Waals surface area contributed by atoms with Crippen LogP contribution in [-0.4, -0.2) is 27.9 Å². The van der Waals surface area contributed by atoms with Crippen LogP contribution in [0.15, 0.2) is 73.1 Å². The molecule has 2 heterocycles. The Morgan fingerprint density at radius 1 is 0.946 bits per heavy atom. The summed E-state index contributed by atoms with van der Waals surface area (Å²) >= 11 is 0. The number of benzene rings is 2. The summed E-state index contributed by atoms with van der Waals surface area (Å²) in [4.78, 5) is 46.8. The van der Waals surface area contributed by atoms with E-state index in [2.05, 4.69) is 25.4 Å². The fourth-order valence-corrected chi connectivity index (χ4v) is 3.23. The Bertz CT molecular complexity index is 1450. The molecule has 4 rings (SSSR count).